The average Bonchev–Trinajstić information content (AvgIpc) is 3.20. The van der Waals surface area contributed by atoms with Crippen molar-refractivity contribution in [1.29, 1.82) is 0 Å². The molecule has 1 fully saturated rings. The van der Waals surface area contributed by atoms with Crippen molar-refractivity contribution < 1.29 is 4.79 Å². The molecule has 2 aromatic rings. The molecular weight excluding hydrogens is 292 g/mol. The second-order valence-corrected chi connectivity index (χ2v) is 5.54. The van der Waals surface area contributed by atoms with Crippen LogP contribution in [0, 0.1) is 0 Å². The summed E-state index contributed by atoms with van der Waals surface area (Å²) in [4.78, 5) is 24.0. The van der Waals surface area contributed by atoms with Gasteiger partial charge in [0.25, 0.3) is 0 Å². The van der Waals surface area contributed by atoms with Crippen molar-refractivity contribution in [3.63, 3.8) is 0 Å². The molecule has 0 spiro atoms. The van der Waals surface area contributed by atoms with Crippen LogP contribution in [0.1, 0.15) is 18.9 Å². The molecule has 1 aliphatic carbocycles. The van der Waals surface area contributed by atoms with Crippen LogP contribution >= 0.6 is 11.6 Å². The standard InChI is InChI=1S/C14H15ClN4O2/c15-11-7-9(16)1-4-12(11)17-13(20)8-18-5-6-19(14(18)21)10-2-3-10/h1,4-7,10H,2-3,8,16H2,(H,17,20). The quantitative estimate of drug-likeness (QED) is 0.846. The van der Waals surface area contributed by atoms with Crippen molar-refractivity contribution in [2.75, 3.05) is 11.1 Å². The molecule has 1 aliphatic rings. The van der Waals surface area contributed by atoms with E-state index in [4.69, 9.17) is 17.3 Å². The Morgan fingerprint density at radius 3 is 2.81 bits per heavy atom. The first kappa shape index (κ1) is 13.8. The highest BCUT2D eigenvalue weighted by Gasteiger charge is 2.25. The molecule has 0 unspecified atom stereocenters. The summed E-state index contributed by atoms with van der Waals surface area (Å²) >= 11 is 5.99. The van der Waals surface area contributed by atoms with E-state index in [1.807, 2.05) is 0 Å². The lowest BCUT2D eigenvalue weighted by Gasteiger charge is -2.08. The highest BCUT2D eigenvalue weighted by Crippen LogP contribution is 2.33. The monoisotopic (exact) mass is 306 g/mol. The summed E-state index contributed by atoms with van der Waals surface area (Å²) in [7, 11) is 0. The van der Waals surface area contributed by atoms with Crippen LogP contribution in [0.5, 0.6) is 0 Å². The van der Waals surface area contributed by atoms with Gasteiger partial charge >= 0.3 is 5.69 Å². The maximum absolute atomic E-state index is 12.1. The van der Waals surface area contributed by atoms with Gasteiger partial charge in [0.05, 0.1) is 10.7 Å². The van der Waals surface area contributed by atoms with E-state index in [0.717, 1.165) is 12.8 Å². The van der Waals surface area contributed by atoms with Gasteiger partial charge in [0.2, 0.25) is 5.91 Å². The fraction of sp³-hybridized carbons (Fsp3) is 0.286. The van der Waals surface area contributed by atoms with Crippen LogP contribution in [0.25, 0.3) is 0 Å². The average molecular weight is 307 g/mol. The minimum atomic E-state index is -0.308. The Bertz CT molecular complexity index is 746. The molecule has 110 valence electrons. The number of aromatic nitrogens is 2. The summed E-state index contributed by atoms with van der Waals surface area (Å²) in [6, 6.07) is 5.14. The Hall–Kier alpha value is -2.21. The van der Waals surface area contributed by atoms with Gasteiger partial charge in [0, 0.05) is 24.1 Å². The highest BCUT2D eigenvalue weighted by molar-refractivity contribution is 6.34. The van der Waals surface area contributed by atoms with E-state index in [9.17, 15) is 9.59 Å². The first-order valence-corrected chi connectivity index (χ1v) is 7.04. The number of amides is 1. The lowest BCUT2D eigenvalue weighted by Crippen LogP contribution is -2.28. The maximum Gasteiger partial charge on any atom is 0.328 e. The van der Waals surface area contributed by atoms with Gasteiger partial charge in [-0.2, -0.15) is 0 Å². The van der Waals surface area contributed by atoms with Crippen molar-refractivity contribution >= 4 is 28.9 Å². The molecule has 0 atom stereocenters. The van der Waals surface area contributed by atoms with Gasteiger partial charge in [0.15, 0.2) is 0 Å². The van der Waals surface area contributed by atoms with E-state index >= 15 is 0 Å². The number of imidazole rings is 1. The number of anilines is 2. The number of nitrogen functional groups attached to an aromatic ring is 1. The lowest BCUT2D eigenvalue weighted by atomic mass is 10.3. The molecule has 0 bridgehead atoms. The summed E-state index contributed by atoms with van der Waals surface area (Å²) in [5.74, 6) is -0.308. The number of carbonyl (C=O) groups excluding carboxylic acids is 1. The Balaban J connectivity index is 1.70. The molecule has 3 N–H and O–H groups in total. The van der Waals surface area contributed by atoms with Crippen molar-refractivity contribution in [2.45, 2.75) is 25.4 Å². The molecule has 1 heterocycles. The number of hydrogen-bond acceptors (Lipinski definition) is 3. The largest absolute Gasteiger partial charge is 0.399 e. The molecule has 1 saturated carbocycles. The molecule has 6 nitrogen and oxygen atoms in total. The zero-order valence-corrected chi connectivity index (χ0v) is 12.0. The van der Waals surface area contributed by atoms with Crippen molar-refractivity contribution in [1.82, 2.24) is 9.13 Å². The molecule has 1 amide bonds. The third-order valence-electron chi connectivity index (χ3n) is 3.40. The summed E-state index contributed by atoms with van der Waals surface area (Å²) in [6.07, 6.45) is 5.41. The Morgan fingerprint density at radius 1 is 1.38 bits per heavy atom. The van der Waals surface area contributed by atoms with Crippen LogP contribution in [-0.4, -0.2) is 15.0 Å². The molecule has 1 aromatic carbocycles. The van der Waals surface area contributed by atoms with Gasteiger partial charge in [0.1, 0.15) is 6.54 Å². The molecule has 0 saturated heterocycles. The Morgan fingerprint density at radius 2 is 2.14 bits per heavy atom. The van der Waals surface area contributed by atoms with Gasteiger partial charge in [-0.15, -0.1) is 0 Å². The minimum absolute atomic E-state index is 0.0424. The normalized spacial score (nSPS) is 14.1. The minimum Gasteiger partial charge on any atom is -0.399 e. The van der Waals surface area contributed by atoms with E-state index < -0.39 is 0 Å². The topological polar surface area (TPSA) is 82.0 Å². The zero-order chi connectivity index (χ0) is 15.0. The van der Waals surface area contributed by atoms with Crippen LogP contribution in [0.15, 0.2) is 35.4 Å². The smallest absolute Gasteiger partial charge is 0.328 e. The van der Waals surface area contributed by atoms with Crippen LogP contribution in [0.3, 0.4) is 0 Å². The third-order valence-corrected chi connectivity index (χ3v) is 3.71. The first-order chi connectivity index (χ1) is 10.0. The fourth-order valence-electron chi connectivity index (χ4n) is 2.16. The van der Waals surface area contributed by atoms with E-state index in [-0.39, 0.29) is 18.1 Å². The predicted molar refractivity (Wildman–Crippen MR) is 81.5 cm³/mol. The number of hydrogen-bond donors (Lipinski definition) is 2. The molecule has 3 rings (SSSR count). The summed E-state index contributed by atoms with van der Waals surface area (Å²) in [5.41, 5.74) is 6.44. The molecule has 1 aromatic heterocycles. The number of nitrogens with two attached hydrogens (primary N) is 1. The van der Waals surface area contributed by atoms with Gasteiger partial charge in [-0.1, -0.05) is 11.6 Å². The third kappa shape index (κ3) is 2.95. The number of benzene rings is 1. The maximum atomic E-state index is 12.1. The number of nitrogens with one attached hydrogen (secondary N) is 1. The number of rotatable bonds is 4. The van der Waals surface area contributed by atoms with Crippen LogP contribution in [-0.2, 0) is 11.3 Å². The summed E-state index contributed by atoms with van der Waals surface area (Å²) in [5, 5.41) is 3.04. The first-order valence-electron chi connectivity index (χ1n) is 6.67. The molecular formula is C14H15ClN4O2. The van der Waals surface area contributed by atoms with Gasteiger partial charge in [-0.05, 0) is 31.0 Å². The number of carbonyl (C=O) groups is 1. The molecule has 0 radical (unpaired) electrons. The summed E-state index contributed by atoms with van der Waals surface area (Å²) in [6.45, 7) is -0.0424. The lowest BCUT2D eigenvalue weighted by molar-refractivity contribution is -0.116. The van der Waals surface area contributed by atoms with Crippen LogP contribution < -0.4 is 16.7 Å². The fourth-order valence-corrected chi connectivity index (χ4v) is 2.39. The number of halogens is 1. The number of nitrogens with zero attached hydrogens (tertiary/aromatic N) is 2. The van der Waals surface area contributed by atoms with E-state index in [1.165, 1.54) is 4.57 Å². The van der Waals surface area contributed by atoms with E-state index in [2.05, 4.69) is 5.32 Å². The van der Waals surface area contributed by atoms with Gasteiger partial charge in [-0.3, -0.25) is 13.9 Å². The zero-order valence-electron chi connectivity index (χ0n) is 11.3. The predicted octanol–water partition coefficient (Wildman–Crippen LogP) is 1.86. The van der Waals surface area contributed by atoms with E-state index in [1.54, 1.807) is 35.2 Å². The Labute approximate surface area is 126 Å². The van der Waals surface area contributed by atoms with Crippen molar-refractivity contribution in [2.24, 2.45) is 0 Å². The molecule has 7 heteroatoms. The second kappa shape index (κ2) is 5.29. The molecule has 21 heavy (non-hydrogen) atoms. The van der Waals surface area contributed by atoms with Gasteiger partial charge < -0.3 is 11.1 Å². The van der Waals surface area contributed by atoms with Crippen molar-refractivity contribution in [3.05, 3.63) is 46.1 Å². The SMILES string of the molecule is Nc1ccc(NC(=O)Cn2ccn(C3CC3)c2=O)c(Cl)c1. The molecule has 0 aliphatic heterocycles. The van der Waals surface area contributed by atoms with E-state index in [0.29, 0.717) is 22.4 Å². The van der Waals surface area contributed by atoms with Crippen molar-refractivity contribution in [3.8, 4) is 0 Å². The highest BCUT2D eigenvalue weighted by atomic mass is 35.5. The second-order valence-electron chi connectivity index (χ2n) is 5.13. The summed E-state index contributed by atoms with van der Waals surface area (Å²) < 4.78 is 3.06. The Kier molecular flexibility index (Phi) is 3.47. The van der Waals surface area contributed by atoms with Crippen LogP contribution in [0.2, 0.25) is 5.02 Å². The van der Waals surface area contributed by atoms with Crippen LogP contribution in [0.4, 0.5) is 11.4 Å². The van der Waals surface area contributed by atoms with Gasteiger partial charge in [-0.25, -0.2) is 4.79 Å².